The lowest BCUT2D eigenvalue weighted by Gasteiger charge is -2.18. The van der Waals surface area contributed by atoms with Gasteiger partial charge in [0.05, 0.1) is 10.3 Å². The number of hydrogen-bond acceptors (Lipinski definition) is 6. The lowest BCUT2D eigenvalue weighted by molar-refractivity contribution is -0.136. The summed E-state index contributed by atoms with van der Waals surface area (Å²) in [5, 5.41) is 0.512. The summed E-state index contributed by atoms with van der Waals surface area (Å²) in [6.07, 6.45) is 0.832. The van der Waals surface area contributed by atoms with Gasteiger partial charge in [-0.15, -0.1) is 0 Å². The minimum atomic E-state index is -3.92. The second-order valence-corrected chi connectivity index (χ2v) is 9.69. The molecule has 0 spiro atoms. The van der Waals surface area contributed by atoms with Gasteiger partial charge < -0.3 is 9.15 Å². The van der Waals surface area contributed by atoms with Gasteiger partial charge in [-0.2, -0.15) is 4.72 Å². The maximum Gasteiger partial charge on any atom is 0.339 e. The van der Waals surface area contributed by atoms with Crippen LogP contribution in [-0.4, -0.2) is 20.4 Å². The minimum Gasteiger partial charge on any atom is -0.425 e. The predicted octanol–water partition coefficient (Wildman–Crippen LogP) is 4.08. The molecule has 0 aliphatic carbocycles. The van der Waals surface area contributed by atoms with Gasteiger partial charge in [0.25, 0.3) is 0 Å². The zero-order valence-electron chi connectivity index (χ0n) is 18.8. The van der Waals surface area contributed by atoms with Gasteiger partial charge in [-0.3, -0.25) is 0 Å². The number of ether oxygens (including phenoxy) is 1. The van der Waals surface area contributed by atoms with Crippen molar-refractivity contribution < 1.29 is 22.4 Å². The first-order valence-corrected chi connectivity index (χ1v) is 11.9. The molecule has 0 amide bonds. The minimum absolute atomic E-state index is 0.0752. The monoisotopic (exact) mass is 457 g/mol. The molecule has 2 aromatic carbocycles. The van der Waals surface area contributed by atoms with E-state index in [2.05, 4.69) is 4.72 Å². The second-order valence-electron chi connectivity index (χ2n) is 7.97. The number of carbonyl (C=O) groups is 1. The van der Waals surface area contributed by atoms with E-state index in [0.717, 1.165) is 11.1 Å². The Morgan fingerprint density at radius 3 is 2.31 bits per heavy atom. The summed E-state index contributed by atoms with van der Waals surface area (Å²) in [7, 11) is -3.92. The summed E-state index contributed by atoms with van der Waals surface area (Å²) in [5.74, 6) is -0.498. The van der Waals surface area contributed by atoms with Crippen LogP contribution in [-0.2, 0) is 14.8 Å². The quantitative estimate of drug-likeness (QED) is 0.326. The van der Waals surface area contributed by atoms with Crippen LogP contribution in [0.25, 0.3) is 11.0 Å². The summed E-state index contributed by atoms with van der Waals surface area (Å²) in [6, 6.07) is 8.68. The standard InChI is InChI=1S/C24H27NO6S/c1-6-7-19(25-32(28,29)18-10-8-14(2)9-11-18)24(27)31-21-13-15(3)12-20-22(21)16(4)17(5)23(26)30-20/h8-13,19,25H,6-7H2,1-5H3. The average molecular weight is 458 g/mol. The van der Waals surface area contributed by atoms with Crippen molar-refractivity contribution in [2.24, 2.45) is 0 Å². The molecule has 0 bridgehead atoms. The van der Waals surface area contributed by atoms with Gasteiger partial charge in [0.1, 0.15) is 17.4 Å². The number of rotatable bonds is 7. The molecule has 0 aliphatic heterocycles. The fraction of sp³-hybridized carbons (Fsp3) is 0.333. The molecule has 0 saturated heterocycles. The summed E-state index contributed by atoms with van der Waals surface area (Å²) in [6.45, 7) is 8.89. The van der Waals surface area contributed by atoms with Crippen LogP contribution in [0.4, 0.5) is 0 Å². The number of esters is 1. The molecule has 1 atom stereocenters. The lowest BCUT2D eigenvalue weighted by atomic mass is 10.0. The summed E-state index contributed by atoms with van der Waals surface area (Å²) in [5.41, 5.74) is 2.59. The highest BCUT2D eigenvalue weighted by Gasteiger charge is 2.28. The van der Waals surface area contributed by atoms with Gasteiger partial charge in [0.15, 0.2) is 0 Å². The normalized spacial score (nSPS) is 12.7. The maximum absolute atomic E-state index is 13.0. The number of fused-ring (bicyclic) bond motifs is 1. The highest BCUT2D eigenvalue weighted by atomic mass is 32.2. The molecule has 3 rings (SSSR count). The number of nitrogens with one attached hydrogen (secondary N) is 1. The van der Waals surface area contributed by atoms with Gasteiger partial charge in [-0.25, -0.2) is 18.0 Å². The third-order valence-corrected chi connectivity index (χ3v) is 6.85. The molecule has 170 valence electrons. The van der Waals surface area contributed by atoms with Crippen molar-refractivity contribution in [1.29, 1.82) is 0 Å². The second kappa shape index (κ2) is 9.26. The van der Waals surface area contributed by atoms with Gasteiger partial charge in [0.2, 0.25) is 10.0 Å². The zero-order valence-corrected chi connectivity index (χ0v) is 19.6. The van der Waals surface area contributed by atoms with E-state index in [1.807, 2.05) is 13.8 Å². The summed E-state index contributed by atoms with van der Waals surface area (Å²) < 4.78 is 39.2. The van der Waals surface area contributed by atoms with Crippen LogP contribution in [0.5, 0.6) is 5.75 Å². The van der Waals surface area contributed by atoms with Crippen molar-refractivity contribution in [1.82, 2.24) is 4.72 Å². The molecule has 0 radical (unpaired) electrons. The van der Waals surface area contributed by atoms with Gasteiger partial charge in [-0.1, -0.05) is 31.0 Å². The maximum atomic E-state index is 13.0. The van der Waals surface area contributed by atoms with Crippen LogP contribution in [0.1, 0.15) is 42.0 Å². The Morgan fingerprint density at radius 1 is 1.03 bits per heavy atom. The number of hydrogen-bond donors (Lipinski definition) is 1. The Balaban J connectivity index is 1.96. The number of benzene rings is 2. The fourth-order valence-corrected chi connectivity index (χ4v) is 4.65. The molecule has 0 fully saturated rings. The molecule has 32 heavy (non-hydrogen) atoms. The highest BCUT2D eigenvalue weighted by Crippen LogP contribution is 2.31. The van der Waals surface area contributed by atoms with Crippen LogP contribution in [0.3, 0.4) is 0 Å². The van der Waals surface area contributed by atoms with E-state index in [4.69, 9.17) is 9.15 Å². The molecule has 1 unspecified atom stereocenters. The van der Waals surface area contributed by atoms with Crippen molar-refractivity contribution >= 4 is 27.0 Å². The number of carbonyl (C=O) groups excluding carboxylic acids is 1. The predicted molar refractivity (Wildman–Crippen MR) is 123 cm³/mol. The Morgan fingerprint density at radius 2 is 1.69 bits per heavy atom. The summed E-state index contributed by atoms with van der Waals surface area (Å²) in [4.78, 5) is 25.2. The first-order chi connectivity index (χ1) is 15.0. The fourth-order valence-electron chi connectivity index (χ4n) is 3.43. The van der Waals surface area contributed by atoms with Crippen molar-refractivity contribution in [2.45, 2.75) is 58.4 Å². The number of aryl methyl sites for hydroxylation is 3. The van der Waals surface area contributed by atoms with Crippen molar-refractivity contribution in [3.05, 3.63) is 69.1 Å². The van der Waals surface area contributed by atoms with Gasteiger partial charge in [0, 0.05) is 5.56 Å². The Labute approximate surface area is 187 Å². The summed E-state index contributed by atoms with van der Waals surface area (Å²) >= 11 is 0. The van der Waals surface area contributed by atoms with E-state index in [-0.39, 0.29) is 17.1 Å². The Bertz CT molecular complexity index is 1320. The molecule has 7 nitrogen and oxygen atoms in total. The van der Waals surface area contributed by atoms with E-state index in [1.54, 1.807) is 45.0 Å². The molecular weight excluding hydrogens is 430 g/mol. The third-order valence-electron chi connectivity index (χ3n) is 5.36. The molecule has 0 saturated carbocycles. The lowest BCUT2D eigenvalue weighted by Crippen LogP contribution is -2.42. The van der Waals surface area contributed by atoms with E-state index in [1.165, 1.54) is 12.1 Å². The van der Waals surface area contributed by atoms with Gasteiger partial charge >= 0.3 is 11.6 Å². The SMILES string of the molecule is CCCC(NS(=O)(=O)c1ccc(C)cc1)C(=O)Oc1cc(C)cc2oc(=O)c(C)c(C)c12. The van der Waals surface area contributed by atoms with Crippen molar-refractivity contribution in [3.8, 4) is 5.75 Å². The highest BCUT2D eigenvalue weighted by molar-refractivity contribution is 7.89. The molecule has 1 aromatic heterocycles. The molecule has 0 aliphatic rings. The molecule has 8 heteroatoms. The molecular formula is C24H27NO6S. The van der Waals surface area contributed by atoms with Crippen LogP contribution in [0.15, 0.2) is 50.5 Å². The topological polar surface area (TPSA) is 103 Å². The zero-order chi connectivity index (χ0) is 23.6. The third kappa shape index (κ3) is 4.92. The smallest absolute Gasteiger partial charge is 0.339 e. The Kier molecular flexibility index (Phi) is 6.85. The van der Waals surface area contributed by atoms with Crippen molar-refractivity contribution in [3.63, 3.8) is 0 Å². The van der Waals surface area contributed by atoms with Gasteiger partial charge in [-0.05, 0) is 69.5 Å². The van der Waals surface area contributed by atoms with E-state index < -0.39 is 27.7 Å². The van der Waals surface area contributed by atoms with E-state index >= 15 is 0 Å². The number of sulfonamides is 1. The van der Waals surface area contributed by atoms with E-state index in [0.29, 0.717) is 28.5 Å². The first-order valence-electron chi connectivity index (χ1n) is 10.4. The molecule has 3 aromatic rings. The van der Waals surface area contributed by atoms with Crippen LogP contribution in [0, 0.1) is 27.7 Å². The van der Waals surface area contributed by atoms with Crippen LogP contribution >= 0.6 is 0 Å². The first kappa shape index (κ1) is 23.7. The molecule has 1 N–H and O–H groups in total. The van der Waals surface area contributed by atoms with E-state index in [9.17, 15) is 18.0 Å². The van der Waals surface area contributed by atoms with Crippen LogP contribution in [0.2, 0.25) is 0 Å². The van der Waals surface area contributed by atoms with Crippen LogP contribution < -0.4 is 15.1 Å². The average Bonchev–Trinajstić information content (AvgIpc) is 2.71. The Hall–Kier alpha value is -2.97. The molecule has 1 heterocycles. The largest absolute Gasteiger partial charge is 0.425 e. The van der Waals surface area contributed by atoms with Crippen molar-refractivity contribution in [2.75, 3.05) is 0 Å².